The van der Waals surface area contributed by atoms with E-state index < -0.39 is 0 Å². The zero-order valence-electron chi connectivity index (χ0n) is 10.6. The molecule has 0 spiro atoms. The van der Waals surface area contributed by atoms with Crippen LogP contribution in [0.3, 0.4) is 0 Å². The van der Waals surface area contributed by atoms with Gasteiger partial charge in [-0.15, -0.1) is 11.3 Å². The van der Waals surface area contributed by atoms with Gasteiger partial charge in [0.25, 0.3) is 0 Å². The van der Waals surface area contributed by atoms with Gasteiger partial charge in [-0.2, -0.15) is 0 Å². The van der Waals surface area contributed by atoms with E-state index >= 15 is 0 Å². The van der Waals surface area contributed by atoms with Crippen molar-refractivity contribution in [3.05, 3.63) is 17.3 Å². The Bertz CT molecular complexity index is 527. The van der Waals surface area contributed by atoms with E-state index in [2.05, 4.69) is 4.98 Å². The highest BCUT2D eigenvalue weighted by Crippen LogP contribution is 2.32. The molecule has 0 saturated heterocycles. The fourth-order valence-electron chi connectivity index (χ4n) is 2.79. The molecule has 0 bridgehead atoms. The Labute approximate surface area is 111 Å². The summed E-state index contributed by atoms with van der Waals surface area (Å²) in [7, 11) is 0. The predicted molar refractivity (Wildman–Crippen MR) is 76.9 cm³/mol. The van der Waals surface area contributed by atoms with Crippen LogP contribution >= 0.6 is 11.3 Å². The molecule has 2 N–H and O–H groups in total. The van der Waals surface area contributed by atoms with Crippen molar-refractivity contribution in [3.8, 4) is 0 Å². The summed E-state index contributed by atoms with van der Waals surface area (Å²) in [6.45, 7) is 0. The van der Waals surface area contributed by atoms with Gasteiger partial charge < -0.3 is 5.73 Å². The van der Waals surface area contributed by atoms with Crippen LogP contribution < -0.4 is 5.73 Å². The predicted octanol–water partition coefficient (Wildman–Crippen LogP) is 4.10. The smallest absolute Gasteiger partial charge is 0.135 e. The third kappa shape index (κ3) is 2.34. The van der Waals surface area contributed by atoms with Gasteiger partial charge in [-0.25, -0.2) is 9.97 Å². The quantitative estimate of drug-likeness (QED) is 0.840. The molecule has 0 amide bonds. The van der Waals surface area contributed by atoms with Crippen LogP contribution in [0.2, 0.25) is 0 Å². The van der Waals surface area contributed by atoms with Crippen molar-refractivity contribution >= 4 is 27.4 Å². The molecule has 1 aliphatic rings. The highest BCUT2D eigenvalue weighted by Gasteiger charge is 2.18. The zero-order valence-corrected chi connectivity index (χ0v) is 11.4. The summed E-state index contributed by atoms with van der Waals surface area (Å²) in [6, 6.07) is 2.01. The molecule has 1 fully saturated rings. The minimum absolute atomic E-state index is 0.513. The average Bonchev–Trinajstić information content (AvgIpc) is 2.77. The first kappa shape index (κ1) is 11.9. The molecular formula is C14H19N3S. The van der Waals surface area contributed by atoms with Gasteiger partial charge in [-0.1, -0.05) is 32.1 Å². The Morgan fingerprint density at radius 1 is 1.06 bits per heavy atom. The van der Waals surface area contributed by atoms with Crippen molar-refractivity contribution < 1.29 is 0 Å². The summed E-state index contributed by atoms with van der Waals surface area (Å²) in [5.41, 5.74) is 6.03. The number of thiophene rings is 1. The van der Waals surface area contributed by atoms with E-state index in [1.807, 2.05) is 11.4 Å². The van der Waals surface area contributed by atoms with E-state index in [4.69, 9.17) is 10.7 Å². The van der Waals surface area contributed by atoms with Crippen molar-refractivity contribution in [3.63, 3.8) is 0 Å². The molecule has 4 heteroatoms. The molecule has 96 valence electrons. The van der Waals surface area contributed by atoms with E-state index in [-0.39, 0.29) is 0 Å². The lowest BCUT2D eigenvalue weighted by Crippen LogP contribution is -2.08. The number of anilines is 1. The summed E-state index contributed by atoms with van der Waals surface area (Å²) in [5, 5.41) is 3.05. The third-order valence-electron chi connectivity index (χ3n) is 3.84. The maximum Gasteiger partial charge on any atom is 0.135 e. The number of rotatable bonds is 1. The first-order valence-corrected chi connectivity index (χ1v) is 7.73. The monoisotopic (exact) mass is 261 g/mol. The van der Waals surface area contributed by atoms with Crippen LogP contribution in [0, 0.1) is 0 Å². The molecule has 18 heavy (non-hydrogen) atoms. The lowest BCUT2D eigenvalue weighted by Gasteiger charge is -2.18. The van der Waals surface area contributed by atoms with Crippen LogP contribution in [0.15, 0.2) is 11.4 Å². The highest BCUT2D eigenvalue weighted by atomic mass is 32.1. The van der Waals surface area contributed by atoms with Gasteiger partial charge in [-0.05, 0) is 24.3 Å². The van der Waals surface area contributed by atoms with E-state index in [1.54, 1.807) is 11.3 Å². The molecule has 0 radical (unpaired) electrons. The fraction of sp³-hybridized carbons (Fsp3) is 0.571. The standard InChI is InChI=1S/C14H19N3S/c15-12-11-8-9-18-14(11)17-13(16-12)10-6-4-2-1-3-5-7-10/h8-10H,1-7H2,(H2,15,16,17). The van der Waals surface area contributed by atoms with Crippen LogP contribution in [0.25, 0.3) is 10.2 Å². The Morgan fingerprint density at radius 3 is 2.56 bits per heavy atom. The molecule has 3 rings (SSSR count). The highest BCUT2D eigenvalue weighted by molar-refractivity contribution is 7.16. The Hall–Kier alpha value is -1.16. The van der Waals surface area contributed by atoms with Gasteiger partial charge in [0, 0.05) is 5.92 Å². The van der Waals surface area contributed by atoms with Crippen molar-refractivity contribution in [2.24, 2.45) is 0 Å². The van der Waals surface area contributed by atoms with Crippen molar-refractivity contribution in [2.45, 2.75) is 50.9 Å². The maximum atomic E-state index is 6.03. The zero-order chi connectivity index (χ0) is 12.4. The second-order valence-corrected chi connectivity index (χ2v) is 6.04. The normalized spacial score (nSPS) is 18.7. The molecule has 0 aliphatic heterocycles. The molecule has 2 heterocycles. The molecule has 0 unspecified atom stereocenters. The van der Waals surface area contributed by atoms with Crippen molar-refractivity contribution in [1.29, 1.82) is 0 Å². The van der Waals surface area contributed by atoms with Crippen LogP contribution in [0.4, 0.5) is 5.82 Å². The number of nitrogen functional groups attached to an aromatic ring is 1. The Balaban J connectivity index is 1.91. The second-order valence-electron chi connectivity index (χ2n) is 5.15. The minimum Gasteiger partial charge on any atom is -0.383 e. The summed E-state index contributed by atoms with van der Waals surface area (Å²) in [6.07, 6.45) is 9.14. The number of hydrogen-bond donors (Lipinski definition) is 1. The third-order valence-corrected chi connectivity index (χ3v) is 4.65. The van der Waals surface area contributed by atoms with Crippen molar-refractivity contribution in [2.75, 3.05) is 5.73 Å². The largest absolute Gasteiger partial charge is 0.383 e. The number of nitrogens with zero attached hydrogens (tertiary/aromatic N) is 2. The SMILES string of the molecule is Nc1nc(C2CCCCCCC2)nc2sccc12. The van der Waals surface area contributed by atoms with E-state index in [1.165, 1.54) is 44.9 Å². The summed E-state index contributed by atoms with van der Waals surface area (Å²) < 4.78 is 0. The first-order chi connectivity index (χ1) is 8.84. The average molecular weight is 261 g/mol. The lowest BCUT2D eigenvalue weighted by molar-refractivity contribution is 0.443. The summed E-state index contributed by atoms with van der Waals surface area (Å²) in [4.78, 5) is 10.3. The van der Waals surface area contributed by atoms with Gasteiger partial charge >= 0.3 is 0 Å². The van der Waals surface area contributed by atoms with Crippen LogP contribution in [0.5, 0.6) is 0 Å². The number of nitrogens with two attached hydrogens (primary N) is 1. The summed E-state index contributed by atoms with van der Waals surface area (Å²) >= 11 is 1.66. The molecule has 1 saturated carbocycles. The van der Waals surface area contributed by atoms with Gasteiger partial charge in [0.15, 0.2) is 0 Å². The lowest BCUT2D eigenvalue weighted by atomic mass is 9.90. The molecule has 2 aromatic rings. The summed E-state index contributed by atoms with van der Waals surface area (Å²) in [5.74, 6) is 2.14. The van der Waals surface area contributed by atoms with Gasteiger partial charge in [0.05, 0.1) is 5.39 Å². The topological polar surface area (TPSA) is 51.8 Å². The fourth-order valence-corrected chi connectivity index (χ4v) is 3.57. The van der Waals surface area contributed by atoms with Crippen molar-refractivity contribution in [1.82, 2.24) is 9.97 Å². The maximum absolute atomic E-state index is 6.03. The number of aromatic nitrogens is 2. The van der Waals surface area contributed by atoms with Crippen LogP contribution in [-0.2, 0) is 0 Å². The van der Waals surface area contributed by atoms with Crippen LogP contribution in [0.1, 0.15) is 56.7 Å². The first-order valence-electron chi connectivity index (χ1n) is 6.85. The molecular weight excluding hydrogens is 242 g/mol. The molecule has 0 atom stereocenters. The minimum atomic E-state index is 0.513. The van der Waals surface area contributed by atoms with E-state index in [0.29, 0.717) is 11.7 Å². The Morgan fingerprint density at radius 2 is 1.78 bits per heavy atom. The van der Waals surface area contributed by atoms with E-state index in [0.717, 1.165) is 16.0 Å². The molecule has 2 aromatic heterocycles. The molecule has 3 nitrogen and oxygen atoms in total. The van der Waals surface area contributed by atoms with E-state index in [9.17, 15) is 0 Å². The van der Waals surface area contributed by atoms with Gasteiger partial charge in [-0.3, -0.25) is 0 Å². The molecule has 1 aliphatic carbocycles. The second kappa shape index (κ2) is 5.22. The number of hydrogen-bond acceptors (Lipinski definition) is 4. The van der Waals surface area contributed by atoms with Crippen LogP contribution in [-0.4, -0.2) is 9.97 Å². The molecule has 0 aromatic carbocycles. The van der Waals surface area contributed by atoms with Gasteiger partial charge in [0.2, 0.25) is 0 Å². The Kier molecular flexibility index (Phi) is 3.46. The van der Waals surface area contributed by atoms with Gasteiger partial charge in [0.1, 0.15) is 16.5 Å². The number of fused-ring (bicyclic) bond motifs is 1.